The Hall–Kier alpha value is -1.46. The summed E-state index contributed by atoms with van der Waals surface area (Å²) in [6, 6.07) is 4.37. The molecule has 0 heterocycles. The molecule has 5 heteroatoms. The van der Waals surface area contributed by atoms with Crippen molar-refractivity contribution in [1.82, 2.24) is 10.2 Å². The first kappa shape index (κ1) is 16.6. The Labute approximate surface area is 119 Å². The van der Waals surface area contributed by atoms with Crippen LogP contribution in [0.1, 0.15) is 36.2 Å². The van der Waals surface area contributed by atoms with E-state index in [2.05, 4.69) is 31.1 Å². The van der Waals surface area contributed by atoms with Crippen LogP contribution in [0.3, 0.4) is 0 Å². The molecule has 1 rings (SSSR count). The van der Waals surface area contributed by atoms with Crippen molar-refractivity contribution in [3.8, 4) is 0 Å². The van der Waals surface area contributed by atoms with Crippen molar-refractivity contribution in [2.24, 2.45) is 0 Å². The molecular weight excluding hydrogens is 259 g/mol. The van der Waals surface area contributed by atoms with Crippen LogP contribution in [0.15, 0.2) is 18.2 Å². The molecule has 112 valence electrons. The van der Waals surface area contributed by atoms with Crippen LogP contribution >= 0.6 is 0 Å². The molecule has 0 saturated carbocycles. The summed E-state index contributed by atoms with van der Waals surface area (Å²) >= 11 is 0. The van der Waals surface area contributed by atoms with E-state index in [1.54, 1.807) is 0 Å². The van der Waals surface area contributed by atoms with E-state index < -0.39 is 5.97 Å². The fourth-order valence-corrected chi connectivity index (χ4v) is 1.85. The Morgan fingerprint density at radius 1 is 1.50 bits per heavy atom. The van der Waals surface area contributed by atoms with Crippen LogP contribution in [0.2, 0.25) is 0 Å². The summed E-state index contributed by atoms with van der Waals surface area (Å²) in [6.45, 7) is 6.24. The number of benzene rings is 1. The number of carbonyl (C=O) groups is 1. The second kappa shape index (κ2) is 7.97. The molecule has 0 fully saturated rings. The predicted molar refractivity (Wildman–Crippen MR) is 77.4 cm³/mol. The maximum atomic E-state index is 13.6. The molecule has 1 unspecified atom stereocenters. The average molecular weight is 282 g/mol. The Bertz CT molecular complexity index is 451. The van der Waals surface area contributed by atoms with Crippen LogP contribution in [0.25, 0.3) is 0 Å². The first-order chi connectivity index (χ1) is 9.45. The van der Waals surface area contributed by atoms with Crippen LogP contribution in [0.5, 0.6) is 0 Å². The molecule has 0 saturated heterocycles. The van der Waals surface area contributed by atoms with E-state index in [0.29, 0.717) is 18.2 Å². The summed E-state index contributed by atoms with van der Waals surface area (Å²) in [7, 11) is 2.06. The summed E-state index contributed by atoms with van der Waals surface area (Å²) in [5.74, 6) is -1.42. The quantitative estimate of drug-likeness (QED) is 0.719. The van der Waals surface area contributed by atoms with Gasteiger partial charge in [0.15, 0.2) is 0 Å². The molecular formula is C15H23FN2O2. The van der Waals surface area contributed by atoms with Crippen molar-refractivity contribution >= 4 is 5.97 Å². The largest absolute Gasteiger partial charge is 0.478 e. The molecule has 0 aromatic heterocycles. The third-order valence-electron chi connectivity index (χ3n) is 3.59. The topological polar surface area (TPSA) is 52.6 Å². The highest BCUT2D eigenvalue weighted by atomic mass is 19.1. The zero-order valence-corrected chi connectivity index (χ0v) is 12.3. The van der Waals surface area contributed by atoms with Crippen molar-refractivity contribution in [2.75, 3.05) is 20.1 Å². The van der Waals surface area contributed by atoms with Crippen LogP contribution in [-0.2, 0) is 6.54 Å². The second-order valence-electron chi connectivity index (χ2n) is 5.03. The van der Waals surface area contributed by atoms with Crippen molar-refractivity contribution in [3.63, 3.8) is 0 Å². The second-order valence-corrected chi connectivity index (χ2v) is 5.03. The molecule has 20 heavy (non-hydrogen) atoms. The molecule has 0 amide bonds. The van der Waals surface area contributed by atoms with Gasteiger partial charge in [0.05, 0.1) is 5.56 Å². The number of carboxylic acids is 1. The zero-order valence-electron chi connectivity index (χ0n) is 12.3. The smallest absolute Gasteiger partial charge is 0.335 e. The summed E-state index contributed by atoms with van der Waals surface area (Å²) in [6.07, 6.45) is 1.09. The number of aromatic carboxylic acids is 1. The monoisotopic (exact) mass is 282 g/mol. The maximum absolute atomic E-state index is 13.6. The fraction of sp³-hybridized carbons (Fsp3) is 0.533. The van der Waals surface area contributed by atoms with Crippen LogP contribution < -0.4 is 5.32 Å². The normalized spacial score (nSPS) is 12.7. The number of likely N-dealkylation sites (N-methyl/N-ethyl adjacent to an activating group) is 1. The van der Waals surface area contributed by atoms with Gasteiger partial charge in [-0.25, -0.2) is 9.18 Å². The number of nitrogens with one attached hydrogen (secondary N) is 1. The number of hydrogen-bond acceptors (Lipinski definition) is 3. The molecule has 0 aliphatic rings. The lowest BCUT2D eigenvalue weighted by Crippen LogP contribution is -2.34. The summed E-state index contributed by atoms with van der Waals surface area (Å²) in [5, 5.41) is 12.0. The molecule has 1 aromatic rings. The number of nitrogens with zero attached hydrogens (tertiary/aromatic N) is 1. The molecule has 0 radical (unpaired) electrons. The molecule has 4 nitrogen and oxygen atoms in total. The van der Waals surface area contributed by atoms with Crippen molar-refractivity contribution in [1.29, 1.82) is 0 Å². The lowest BCUT2D eigenvalue weighted by atomic mass is 10.1. The summed E-state index contributed by atoms with van der Waals surface area (Å²) in [5.41, 5.74) is 0.496. The van der Waals surface area contributed by atoms with Gasteiger partial charge in [0.1, 0.15) is 5.82 Å². The van der Waals surface area contributed by atoms with E-state index in [1.165, 1.54) is 18.2 Å². The number of halogens is 1. The SMILES string of the molecule is CCC(C)N(C)CCNCc1cc(C(=O)O)ccc1F. The molecule has 2 N–H and O–H groups in total. The predicted octanol–water partition coefficient (Wildman–Crippen LogP) is 2.34. The zero-order chi connectivity index (χ0) is 15.1. The highest BCUT2D eigenvalue weighted by molar-refractivity contribution is 5.87. The van der Waals surface area contributed by atoms with E-state index in [-0.39, 0.29) is 11.4 Å². The number of hydrogen-bond donors (Lipinski definition) is 2. The fourth-order valence-electron chi connectivity index (χ4n) is 1.85. The molecule has 0 aliphatic carbocycles. The van der Waals surface area contributed by atoms with E-state index in [1.807, 2.05) is 0 Å². The third-order valence-corrected chi connectivity index (χ3v) is 3.59. The van der Waals surface area contributed by atoms with Gasteiger partial charge in [-0.15, -0.1) is 0 Å². The van der Waals surface area contributed by atoms with Gasteiger partial charge in [0.2, 0.25) is 0 Å². The number of rotatable bonds is 8. The summed E-state index contributed by atoms with van der Waals surface area (Å²) in [4.78, 5) is 13.1. The van der Waals surface area contributed by atoms with Gasteiger partial charge >= 0.3 is 5.97 Å². The van der Waals surface area contributed by atoms with E-state index in [4.69, 9.17) is 5.11 Å². The molecule has 0 spiro atoms. The van der Waals surface area contributed by atoms with Gasteiger partial charge < -0.3 is 15.3 Å². The standard InChI is InChI=1S/C15H23FN2O2/c1-4-11(2)18(3)8-7-17-10-13-9-12(15(19)20)5-6-14(13)16/h5-6,9,11,17H,4,7-8,10H2,1-3H3,(H,19,20). The van der Waals surface area contributed by atoms with E-state index >= 15 is 0 Å². The highest BCUT2D eigenvalue weighted by Gasteiger charge is 2.09. The van der Waals surface area contributed by atoms with E-state index in [0.717, 1.165) is 19.5 Å². The van der Waals surface area contributed by atoms with Gasteiger partial charge in [-0.3, -0.25) is 0 Å². The van der Waals surface area contributed by atoms with E-state index in [9.17, 15) is 9.18 Å². The van der Waals surface area contributed by atoms with Crippen molar-refractivity contribution < 1.29 is 14.3 Å². The average Bonchev–Trinajstić information content (AvgIpc) is 2.43. The van der Waals surface area contributed by atoms with Gasteiger partial charge in [0, 0.05) is 31.2 Å². The first-order valence-corrected chi connectivity index (χ1v) is 6.88. The Morgan fingerprint density at radius 2 is 2.20 bits per heavy atom. The van der Waals surface area contributed by atoms with Crippen molar-refractivity contribution in [2.45, 2.75) is 32.9 Å². The lowest BCUT2D eigenvalue weighted by Gasteiger charge is -2.23. The molecule has 0 aliphatic heterocycles. The van der Waals surface area contributed by atoms with Gasteiger partial charge in [-0.2, -0.15) is 0 Å². The highest BCUT2D eigenvalue weighted by Crippen LogP contribution is 2.10. The molecule has 1 atom stereocenters. The third kappa shape index (κ3) is 4.90. The van der Waals surface area contributed by atoms with Gasteiger partial charge in [-0.1, -0.05) is 6.92 Å². The van der Waals surface area contributed by atoms with Crippen molar-refractivity contribution in [3.05, 3.63) is 35.1 Å². The Morgan fingerprint density at radius 3 is 2.80 bits per heavy atom. The lowest BCUT2D eigenvalue weighted by molar-refractivity contribution is 0.0696. The summed E-state index contributed by atoms with van der Waals surface area (Å²) < 4.78 is 13.6. The Balaban J connectivity index is 2.46. The van der Waals surface area contributed by atoms with Gasteiger partial charge in [-0.05, 0) is 38.6 Å². The Kier molecular flexibility index (Phi) is 6.61. The maximum Gasteiger partial charge on any atom is 0.335 e. The van der Waals surface area contributed by atoms with Crippen LogP contribution in [-0.4, -0.2) is 42.2 Å². The minimum Gasteiger partial charge on any atom is -0.478 e. The minimum absolute atomic E-state index is 0.111. The van der Waals surface area contributed by atoms with Crippen LogP contribution in [0.4, 0.5) is 4.39 Å². The van der Waals surface area contributed by atoms with Gasteiger partial charge in [0.25, 0.3) is 0 Å². The molecule has 0 bridgehead atoms. The molecule has 1 aromatic carbocycles. The minimum atomic E-state index is -1.04. The first-order valence-electron chi connectivity index (χ1n) is 6.88. The number of carboxylic acid groups (broad SMARTS) is 1. The van der Waals surface area contributed by atoms with Crippen LogP contribution in [0, 0.1) is 5.82 Å².